The standard InChI is InChI=1S/C13H15F3N2O.ClH/c14-13(15,16)4-3-12(19)18-6-9-1-2-10-7-17-8-11(10)5-9;/h1-2,5,17H,3-4,6-8H2,(H,18,19);1H. The van der Waals surface area contributed by atoms with Crippen LogP contribution >= 0.6 is 12.4 Å². The summed E-state index contributed by atoms with van der Waals surface area (Å²) in [4.78, 5) is 11.3. The minimum atomic E-state index is -4.28. The molecule has 1 aliphatic heterocycles. The first-order valence-corrected chi connectivity index (χ1v) is 6.09. The van der Waals surface area contributed by atoms with Crippen molar-refractivity contribution in [1.82, 2.24) is 10.6 Å². The molecule has 1 amide bonds. The quantitative estimate of drug-likeness (QED) is 0.898. The number of amides is 1. The van der Waals surface area contributed by atoms with Gasteiger partial charge in [-0.2, -0.15) is 13.2 Å². The van der Waals surface area contributed by atoms with Gasteiger partial charge in [0.2, 0.25) is 5.91 Å². The minimum absolute atomic E-state index is 0. The third-order valence-electron chi connectivity index (χ3n) is 3.03. The van der Waals surface area contributed by atoms with E-state index in [4.69, 9.17) is 0 Å². The van der Waals surface area contributed by atoms with E-state index in [9.17, 15) is 18.0 Å². The van der Waals surface area contributed by atoms with E-state index in [1.165, 1.54) is 11.1 Å². The van der Waals surface area contributed by atoms with Gasteiger partial charge in [-0.05, 0) is 16.7 Å². The van der Waals surface area contributed by atoms with Crippen LogP contribution in [-0.4, -0.2) is 12.1 Å². The molecule has 1 heterocycles. The molecule has 0 saturated carbocycles. The zero-order valence-corrected chi connectivity index (χ0v) is 11.5. The second-order valence-electron chi connectivity index (χ2n) is 4.60. The van der Waals surface area contributed by atoms with Gasteiger partial charge in [0, 0.05) is 26.1 Å². The lowest BCUT2D eigenvalue weighted by atomic mass is 10.1. The van der Waals surface area contributed by atoms with Crippen molar-refractivity contribution in [3.8, 4) is 0 Å². The Balaban J connectivity index is 0.00000200. The molecule has 0 saturated heterocycles. The van der Waals surface area contributed by atoms with E-state index in [2.05, 4.69) is 10.6 Å². The first kappa shape index (κ1) is 16.8. The van der Waals surface area contributed by atoms with Crippen LogP contribution < -0.4 is 10.6 Å². The summed E-state index contributed by atoms with van der Waals surface area (Å²) < 4.78 is 35.8. The number of hydrogen-bond donors (Lipinski definition) is 2. The highest BCUT2D eigenvalue weighted by atomic mass is 35.5. The number of halogens is 4. The summed E-state index contributed by atoms with van der Waals surface area (Å²) in [7, 11) is 0. The summed E-state index contributed by atoms with van der Waals surface area (Å²) in [5.74, 6) is -0.573. The van der Waals surface area contributed by atoms with Gasteiger partial charge in [0.05, 0.1) is 6.42 Å². The van der Waals surface area contributed by atoms with Gasteiger partial charge in [0.1, 0.15) is 0 Å². The van der Waals surface area contributed by atoms with Crippen LogP contribution in [0.1, 0.15) is 29.5 Å². The highest BCUT2D eigenvalue weighted by Crippen LogP contribution is 2.21. The second kappa shape index (κ2) is 6.95. The predicted molar refractivity (Wildman–Crippen MR) is 71.4 cm³/mol. The maximum absolute atomic E-state index is 11.9. The number of carbonyl (C=O) groups excluding carboxylic acids is 1. The van der Waals surface area contributed by atoms with Crippen molar-refractivity contribution >= 4 is 18.3 Å². The summed E-state index contributed by atoms with van der Waals surface area (Å²) in [6, 6.07) is 5.84. The molecule has 0 aliphatic carbocycles. The van der Waals surface area contributed by atoms with Crippen LogP contribution in [-0.2, 0) is 24.4 Å². The molecule has 3 nitrogen and oxygen atoms in total. The Hall–Kier alpha value is -1.27. The molecule has 2 rings (SSSR count). The van der Waals surface area contributed by atoms with Crippen LogP contribution in [0.15, 0.2) is 18.2 Å². The largest absolute Gasteiger partial charge is 0.389 e. The first-order chi connectivity index (χ1) is 8.94. The van der Waals surface area contributed by atoms with Gasteiger partial charge in [-0.15, -0.1) is 12.4 Å². The third kappa shape index (κ3) is 5.02. The number of fused-ring (bicyclic) bond motifs is 1. The molecule has 20 heavy (non-hydrogen) atoms. The molecule has 1 aliphatic rings. The molecule has 0 spiro atoms. The average molecular weight is 309 g/mol. The maximum atomic E-state index is 11.9. The molecule has 0 aromatic heterocycles. The van der Waals surface area contributed by atoms with Crippen molar-refractivity contribution in [2.75, 3.05) is 0 Å². The van der Waals surface area contributed by atoms with Crippen LogP contribution in [0, 0.1) is 0 Å². The summed E-state index contributed by atoms with van der Waals surface area (Å²) in [5.41, 5.74) is 3.32. The maximum Gasteiger partial charge on any atom is 0.389 e. The minimum Gasteiger partial charge on any atom is -0.352 e. The van der Waals surface area contributed by atoms with Crippen LogP contribution in [0.4, 0.5) is 13.2 Å². The van der Waals surface area contributed by atoms with Crippen LogP contribution in [0.25, 0.3) is 0 Å². The normalized spacial score (nSPS) is 13.6. The lowest BCUT2D eigenvalue weighted by molar-refractivity contribution is -0.144. The Labute approximate surface area is 121 Å². The number of hydrogen-bond acceptors (Lipinski definition) is 2. The van der Waals surface area contributed by atoms with E-state index >= 15 is 0 Å². The monoisotopic (exact) mass is 308 g/mol. The molecular weight excluding hydrogens is 293 g/mol. The van der Waals surface area contributed by atoms with Gasteiger partial charge >= 0.3 is 6.18 Å². The third-order valence-corrected chi connectivity index (χ3v) is 3.03. The number of benzene rings is 1. The van der Waals surface area contributed by atoms with Gasteiger partial charge < -0.3 is 10.6 Å². The molecule has 1 aromatic rings. The Morgan fingerprint density at radius 3 is 2.65 bits per heavy atom. The second-order valence-corrected chi connectivity index (χ2v) is 4.60. The van der Waals surface area contributed by atoms with Crippen molar-refractivity contribution in [2.45, 2.75) is 38.7 Å². The summed E-state index contributed by atoms with van der Waals surface area (Å²) in [6.07, 6.45) is -5.88. The molecule has 0 atom stereocenters. The lowest BCUT2D eigenvalue weighted by Crippen LogP contribution is -2.24. The van der Waals surface area contributed by atoms with Crippen molar-refractivity contribution < 1.29 is 18.0 Å². The first-order valence-electron chi connectivity index (χ1n) is 6.09. The van der Waals surface area contributed by atoms with E-state index in [0.717, 1.165) is 18.7 Å². The predicted octanol–water partition coefficient (Wildman–Crippen LogP) is 2.67. The SMILES string of the molecule is Cl.O=C(CCC(F)(F)F)NCc1ccc2c(c1)CNC2. The average Bonchev–Trinajstić information content (AvgIpc) is 2.80. The molecule has 0 unspecified atom stereocenters. The molecule has 2 N–H and O–H groups in total. The molecule has 0 radical (unpaired) electrons. The van der Waals surface area contributed by atoms with Gasteiger partial charge in [-0.25, -0.2) is 0 Å². The van der Waals surface area contributed by atoms with E-state index in [1.807, 2.05) is 18.2 Å². The fourth-order valence-corrected chi connectivity index (χ4v) is 2.00. The van der Waals surface area contributed by atoms with Crippen LogP contribution in [0.3, 0.4) is 0 Å². The van der Waals surface area contributed by atoms with E-state index < -0.39 is 24.9 Å². The van der Waals surface area contributed by atoms with E-state index in [-0.39, 0.29) is 19.0 Å². The number of carbonyl (C=O) groups is 1. The van der Waals surface area contributed by atoms with Crippen molar-refractivity contribution in [3.63, 3.8) is 0 Å². The van der Waals surface area contributed by atoms with Crippen LogP contribution in [0.5, 0.6) is 0 Å². The highest BCUT2D eigenvalue weighted by molar-refractivity contribution is 5.85. The summed E-state index contributed by atoms with van der Waals surface area (Å²) in [6.45, 7) is 1.91. The molecule has 7 heteroatoms. The van der Waals surface area contributed by atoms with Crippen molar-refractivity contribution in [2.24, 2.45) is 0 Å². The number of nitrogens with one attached hydrogen (secondary N) is 2. The zero-order valence-electron chi connectivity index (χ0n) is 10.7. The molecule has 0 bridgehead atoms. The summed E-state index contributed by atoms with van der Waals surface area (Å²) >= 11 is 0. The lowest BCUT2D eigenvalue weighted by Gasteiger charge is -2.08. The Morgan fingerprint density at radius 1 is 1.25 bits per heavy atom. The zero-order chi connectivity index (χ0) is 13.9. The molecule has 1 aromatic carbocycles. The van der Waals surface area contributed by atoms with Crippen molar-refractivity contribution in [3.05, 3.63) is 34.9 Å². The van der Waals surface area contributed by atoms with E-state index in [1.54, 1.807) is 0 Å². The topological polar surface area (TPSA) is 41.1 Å². The molecule has 0 fully saturated rings. The summed E-state index contributed by atoms with van der Waals surface area (Å²) in [5, 5.41) is 5.71. The van der Waals surface area contributed by atoms with Crippen molar-refractivity contribution in [1.29, 1.82) is 0 Å². The Bertz CT molecular complexity index is 477. The highest BCUT2D eigenvalue weighted by Gasteiger charge is 2.27. The number of rotatable bonds is 4. The van der Waals surface area contributed by atoms with Gasteiger partial charge in [-0.1, -0.05) is 18.2 Å². The fraction of sp³-hybridized carbons (Fsp3) is 0.462. The van der Waals surface area contributed by atoms with Gasteiger partial charge in [0.25, 0.3) is 0 Å². The van der Waals surface area contributed by atoms with Gasteiger partial charge in [-0.3, -0.25) is 4.79 Å². The van der Waals surface area contributed by atoms with Gasteiger partial charge in [0.15, 0.2) is 0 Å². The molecule has 112 valence electrons. The van der Waals surface area contributed by atoms with Crippen LogP contribution in [0.2, 0.25) is 0 Å². The number of alkyl halides is 3. The molecular formula is C13H16ClF3N2O. The smallest absolute Gasteiger partial charge is 0.352 e. The Morgan fingerprint density at radius 2 is 1.95 bits per heavy atom. The van der Waals surface area contributed by atoms with E-state index in [0.29, 0.717) is 0 Å². The Kier molecular flexibility index (Phi) is 5.83. The fourth-order valence-electron chi connectivity index (χ4n) is 2.00.